The van der Waals surface area contributed by atoms with E-state index >= 15 is 0 Å². The minimum atomic E-state index is -0.998. The molecule has 1 heterocycles. The quantitative estimate of drug-likeness (QED) is 0.872. The Morgan fingerprint density at radius 3 is 2.72 bits per heavy atom. The number of halogens is 1. The maximum atomic E-state index is 13.8. The number of hydrogen-bond donors (Lipinski definition) is 1. The van der Waals surface area contributed by atoms with Crippen LogP contribution in [-0.4, -0.2) is 28.9 Å². The van der Waals surface area contributed by atoms with E-state index in [0.29, 0.717) is 0 Å². The third kappa shape index (κ3) is 2.08. The summed E-state index contributed by atoms with van der Waals surface area (Å²) in [6.45, 7) is 0. The van der Waals surface area contributed by atoms with Crippen LogP contribution in [0.1, 0.15) is 24.4 Å². The Morgan fingerprint density at radius 2 is 2.11 bits per heavy atom. The molecule has 0 radical (unpaired) electrons. The van der Waals surface area contributed by atoms with Gasteiger partial charge in [0.2, 0.25) is 5.91 Å². The summed E-state index contributed by atoms with van der Waals surface area (Å²) >= 11 is 0. The average molecular weight is 251 g/mol. The summed E-state index contributed by atoms with van der Waals surface area (Å²) in [7, 11) is 1.52. The molecule has 4 nitrogen and oxygen atoms in total. The van der Waals surface area contributed by atoms with Crippen molar-refractivity contribution in [2.75, 3.05) is 7.05 Å². The van der Waals surface area contributed by atoms with E-state index in [-0.39, 0.29) is 24.3 Å². The van der Waals surface area contributed by atoms with Crippen molar-refractivity contribution in [2.45, 2.75) is 18.9 Å². The van der Waals surface area contributed by atoms with E-state index in [1.165, 1.54) is 24.1 Å². The van der Waals surface area contributed by atoms with Crippen LogP contribution < -0.4 is 0 Å². The van der Waals surface area contributed by atoms with E-state index < -0.39 is 23.7 Å². The van der Waals surface area contributed by atoms with Crippen LogP contribution in [0.5, 0.6) is 0 Å². The molecule has 2 unspecified atom stereocenters. The monoisotopic (exact) mass is 251 g/mol. The number of rotatable bonds is 2. The molecule has 0 aromatic heterocycles. The summed E-state index contributed by atoms with van der Waals surface area (Å²) in [5.41, 5.74) is 0.264. The molecule has 1 saturated heterocycles. The summed E-state index contributed by atoms with van der Waals surface area (Å²) in [6, 6.07) is 5.26. The van der Waals surface area contributed by atoms with Crippen LogP contribution in [0, 0.1) is 11.7 Å². The van der Waals surface area contributed by atoms with Gasteiger partial charge in [-0.1, -0.05) is 18.2 Å². The van der Waals surface area contributed by atoms with Gasteiger partial charge in [-0.3, -0.25) is 9.59 Å². The fraction of sp³-hybridized carbons (Fsp3) is 0.385. The highest BCUT2D eigenvalue weighted by molar-refractivity contribution is 5.81. The summed E-state index contributed by atoms with van der Waals surface area (Å²) in [6.07, 6.45) is 0.440. The summed E-state index contributed by atoms with van der Waals surface area (Å²) in [5.74, 6) is -2.39. The molecular weight excluding hydrogens is 237 g/mol. The molecule has 0 aliphatic carbocycles. The van der Waals surface area contributed by atoms with E-state index in [1.807, 2.05) is 0 Å². The fourth-order valence-electron chi connectivity index (χ4n) is 2.44. The fourth-order valence-corrected chi connectivity index (χ4v) is 2.44. The van der Waals surface area contributed by atoms with Crippen molar-refractivity contribution in [3.63, 3.8) is 0 Å². The average Bonchev–Trinajstić information content (AvgIpc) is 2.33. The largest absolute Gasteiger partial charge is 0.481 e. The molecule has 1 aromatic carbocycles. The first-order valence-corrected chi connectivity index (χ1v) is 5.75. The number of benzene rings is 1. The molecular formula is C13H14FNO3. The van der Waals surface area contributed by atoms with Crippen molar-refractivity contribution < 1.29 is 19.1 Å². The number of amides is 1. The van der Waals surface area contributed by atoms with Gasteiger partial charge >= 0.3 is 5.97 Å². The number of piperidine rings is 1. The molecule has 0 saturated carbocycles. The van der Waals surface area contributed by atoms with Gasteiger partial charge in [-0.25, -0.2) is 4.39 Å². The maximum absolute atomic E-state index is 13.8. The van der Waals surface area contributed by atoms with Crippen molar-refractivity contribution in [1.82, 2.24) is 4.90 Å². The van der Waals surface area contributed by atoms with Gasteiger partial charge in [0, 0.05) is 19.0 Å². The van der Waals surface area contributed by atoms with Gasteiger partial charge in [0.1, 0.15) is 5.82 Å². The first-order valence-electron chi connectivity index (χ1n) is 5.75. The zero-order chi connectivity index (χ0) is 13.3. The van der Waals surface area contributed by atoms with Crippen LogP contribution in [0.2, 0.25) is 0 Å². The van der Waals surface area contributed by atoms with E-state index in [4.69, 9.17) is 0 Å². The highest BCUT2D eigenvalue weighted by Crippen LogP contribution is 2.36. The topological polar surface area (TPSA) is 57.6 Å². The lowest BCUT2D eigenvalue weighted by Gasteiger charge is -2.37. The van der Waals surface area contributed by atoms with Crippen LogP contribution in [0.25, 0.3) is 0 Å². The number of carbonyl (C=O) groups is 2. The van der Waals surface area contributed by atoms with Gasteiger partial charge < -0.3 is 10.0 Å². The van der Waals surface area contributed by atoms with Crippen molar-refractivity contribution >= 4 is 11.9 Å². The molecule has 2 atom stereocenters. The Kier molecular flexibility index (Phi) is 3.32. The zero-order valence-electron chi connectivity index (χ0n) is 9.97. The lowest BCUT2D eigenvalue weighted by molar-refractivity contribution is -0.150. The van der Waals surface area contributed by atoms with Crippen LogP contribution in [0.15, 0.2) is 24.3 Å². The highest BCUT2D eigenvalue weighted by atomic mass is 19.1. The first-order chi connectivity index (χ1) is 8.52. The number of aliphatic carboxylic acids is 1. The van der Waals surface area contributed by atoms with Crippen molar-refractivity contribution in [3.05, 3.63) is 35.6 Å². The second kappa shape index (κ2) is 4.76. The molecule has 5 heteroatoms. The molecule has 1 aliphatic rings. The molecule has 0 spiro atoms. The second-order valence-corrected chi connectivity index (χ2v) is 4.45. The normalized spacial score (nSPS) is 24.1. The number of likely N-dealkylation sites (tertiary alicyclic amines) is 1. The van der Waals surface area contributed by atoms with Gasteiger partial charge in [-0.15, -0.1) is 0 Å². The lowest BCUT2D eigenvalue weighted by atomic mass is 9.84. The highest BCUT2D eigenvalue weighted by Gasteiger charge is 2.39. The summed E-state index contributed by atoms with van der Waals surface area (Å²) in [4.78, 5) is 24.2. The first kappa shape index (κ1) is 12.5. The molecule has 1 N–H and O–H groups in total. The van der Waals surface area contributed by atoms with Crippen molar-refractivity contribution in [2.24, 2.45) is 5.92 Å². The Balaban J connectivity index is 2.44. The lowest BCUT2D eigenvalue weighted by Crippen LogP contribution is -2.43. The molecule has 1 fully saturated rings. The van der Waals surface area contributed by atoms with Crippen LogP contribution in [0.4, 0.5) is 4.39 Å². The maximum Gasteiger partial charge on any atom is 0.308 e. The molecule has 96 valence electrons. The van der Waals surface area contributed by atoms with Gasteiger partial charge in [0.15, 0.2) is 0 Å². The van der Waals surface area contributed by atoms with Gasteiger partial charge in [-0.05, 0) is 12.5 Å². The van der Waals surface area contributed by atoms with Crippen LogP contribution in [-0.2, 0) is 9.59 Å². The third-order valence-corrected chi connectivity index (χ3v) is 3.40. The summed E-state index contributed by atoms with van der Waals surface area (Å²) in [5, 5.41) is 9.20. The third-order valence-electron chi connectivity index (χ3n) is 3.40. The van der Waals surface area contributed by atoms with Crippen molar-refractivity contribution in [3.8, 4) is 0 Å². The van der Waals surface area contributed by atoms with Crippen LogP contribution in [0.3, 0.4) is 0 Å². The van der Waals surface area contributed by atoms with Gasteiger partial charge in [0.25, 0.3) is 0 Å². The molecule has 1 amide bonds. The minimum Gasteiger partial charge on any atom is -0.481 e. The Labute approximate surface area is 104 Å². The number of nitrogens with zero attached hydrogens (tertiary/aromatic N) is 1. The van der Waals surface area contributed by atoms with E-state index in [9.17, 15) is 19.1 Å². The number of hydrogen-bond acceptors (Lipinski definition) is 2. The van der Waals surface area contributed by atoms with Gasteiger partial charge in [0.05, 0.1) is 12.0 Å². The molecule has 2 rings (SSSR count). The molecule has 18 heavy (non-hydrogen) atoms. The second-order valence-electron chi connectivity index (χ2n) is 4.45. The van der Waals surface area contributed by atoms with E-state index in [1.54, 1.807) is 12.1 Å². The van der Waals surface area contributed by atoms with E-state index in [0.717, 1.165) is 0 Å². The minimum absolute atomic E-state index is 0.152. The Morgan fingerprint density at radius 1 is 1.44 bits per heavy atom. The van der Waals surface area contributed by atoms with Crippen molar-refractivity contribution in [1.29, 1.82) is 0 Å². The predicted molar refractivity (Wildman–Crippen MR) is 62.3 cm³/mol. The number of carboxylic acid groups (broad SMARTS) is 1. The SMILES string of the molecule is CN1C(=O)CCC(C(=O)O)C1c1ccccc1F. The smallest absolute Gasteiger partial charge is 0.308 e. The predicted octanol–water partition coefficient (Wildman–Crippen LogP) is 1.82. The summed E-state index contributed by atoms with van der Waals surface area (Å²) < 4.78 is 13.8. The molecule has 0 bridgehead atoms. The van der Waals surface area contributed by atoms with E-state index in [2.05, 4.69) is 0 Å². The number of carbonyl (C=O) groups excluding carboxylic acids is 1. The molecule has 1 aromatic rings. The standard InChI is InChI=1S/C13H14FNO3/c1-15-11(16)7-6-9(13(17)18)12(15)8-4-2-3-5-10(8)14/h2-5,9,12H,6-7H2,1H3,(H,17,18). The number of carboxylic acids is 1. The Hall–Kier alpha value is -1.91. The van der Waals surface area contributed by atoms with Gasteiger partial charge in [-0.2, -0.15) is 0 Å². The zero-order valence-corrected chi connectivity index (χ0v) is 9.97. The molecule has 1 aliphatic heterocycles. The Bertz CT molecular complexity index is 489. The van der Waals surface area contributed by atoms with Crippen LogP contribution >= 0.6 is 0 Å².